The predicted octanol–water partition coefficient (Wildman–Crippen LogP) is 2.50. The number of nitrogens with one attached hydrogen (secondary N) is 1. The molecule has 1 N–H and O–H groups in total. The van der Waals surface area contributed by atoms with E-state index < -0.39 is 5.54 Å². The van der Waals surface area contributed by atoms with E-state index >= 15 is 0 Å². The molecule has 0 aliphatic carbocycles. The number of nitrogens with zero attached hydrogens (tertiary/aromatic N) is 6. The zero-order chi connectivity index (χ0) is 24.0. The average Bonchev–Trinajstić information content (AvgIpc) is 3.21. The van der Waals surface area contributed by atoms with Crippen LogP contribution < -0.4 is 15.1 Å². The number of aromatic nitrogens is 3. The maximum Gasteiger partial charge on any atom is 0.227 e. The van der Waals surface area contributed by atoms with E-state index in [0.29, 0.717) is 24.8 Å². The molecule has 2 aliphatic rings. The summed E-state index contributed by atoms with van der Waals surface area (Å²) in [5, 5.41) is 3.17. The van der Waals surface area contributed by atoms with Crippen LogP contribution >= 0.6 is 0 Å². The molecule has 2 fully saturated rings. The first-order valence-electron chi connectivity index (χ1n) is 11.8. The number of anilines is 2. The Morgan fingerprint density at radius 1 is 1.12 bits per heavy atom. The molecule has 0 bridgehead atoms. The molecule has 0 aromatic carbocycles. The highest BCUT2D eigenvalue weighted by molar-refractivity contribution is 5.83. The Labute approximate surface area is 199 Å². The Kier molecular flexibility index (Phi) is 5.67. The first-order chi connectivity index (χ1) is 16.2. The molecule has 5 heterocycles. The first-order valence-corrected chi connectivity index (χ1v) is 11.8. The Morgan fingerprint density at radius 2 is 1.91 bits per heavy atom. The molecule has 180 valence electrons. The van der Waals surface area contributed by atoms with Gasteiger partial charge in [-0.25, -0.2) is 14.4 Å². The fourth-order valence-electron chi connectivity index (χ4n) is 4.80. The smallest absolute Gasteiger partial charge is 0.227 e. The summed E-state index contributed by atoms with van der Waals surface area (Å²) in [6.45, 7) is 9.77. The van der Waals surface area contributed by atoms with Gasteiger partial charge < -0.3 is 24.4 Å². The molecule has 1 atom stereocenters. The largest absolute Gasteiger partial charge is 0.367 e. The second kappa shape index (κ2) is 8.54. The Hall–Kier alpha value is -3.20. The highest BCUT2D eigenvalue weighted by atomic mass is 19.1. The number of carbonyl (C=O) groups excluding carboxylic acids is 1. The molecule has 0 unspecified atom stereocenters. The number of likely N-dealkylation sites (N-methyl/N-ethyl adjacent to an activating group) is 1. The molecular weight excluding hydrogens is 433 g/mol. The molecule has 0 radical (unpaired) electrons. The summed E-state index contributed by atoms with van der Waals surface area (Å²) >= 11 is 0. The summed E-state index contributed by atoms with van der Waals surface area (Å²) in [6.07, 6.45) is 5.05. The predicted molar refractivity (Wildman–Crippen MR) is 131 cm³/mol. The van der Waals surface area contributed by atoms with Gasteiger partial charge in [0.2, 0.25) is 5.91 Å². The van der Waals surface area contributed by atoms with E-state index in [2.05, 4.69) is 39.1 Å². The third kappa shape index (κ3) is 4.09. The van der Waals surface area contributed by atoms with Crippen molar-refractivity contribution >= 4 is 23.1 Å². The normalized spacial score (nSPS) is 20.0. The quantitative estimate of drug-likeness (QED) is 0.625. The lowest BCUT2D eigenvalue weighted by Gasteiger charge is -2.42. The monoisotopic (exact) mass is 465 g/mol. The van der Waals surface area contributed by atoms with E-state index in [0.717, 1.165) is 36.8 Å². The van der Waals surface area contributed by atoms with Gasteiger partial charge in [0.25, 0.3) is 0 Å². The number of halogens is 1. The molecule has 3 aromatic rings. The van der Waals surface area contributed by atoms with Crippen LogP contribution in [0, 0.1) is 11.7 Å². The molecular formula is C25H32FN7O. The Bertz CT molecular complexity index is 1200. The van der Waals surface area contributed by atoms with Crippen LogP contribution in [0.25, 0.3) is 5.65 Å². The maximum absolute atomic E-state index is 14.6. The van der Waals surface area contributed by atoms with E-state index in [9.17, 15) is 9.18 Å². The molecule has 9 heteroatoms. The van der Waals surface area contributed by atoms with Gasteiger partial charge in [-0.3, -0.25) is 4.79 Å². The molecule has 0 spiro atoms. The second-order valence-corrected chi connectivity index (χ2v) is 10.1. The van der Waals surface area contributed by atoms with E-state index in [1.165, 1.54) is 6.20 Å². The Morgan fingerprint density at radius 3 is 2.68 bits per heavy atom. The van der Waals surface area contributed by atoms with Gasteiger partial charge in [-0.1, -0.05) is 6.07 Å². The minimum absolute atomic E-state index is 0.0327. The van der Waals surface area contributed by atoms with Crippen molar-refractivity contribution in [3.8, 4) is 0 Å². The van der Waals surface area contributed by atoms with Gasteiger partial charge in [0.15, 0.2) is 5.82 Å². The van der Waals surface area contributed by atoms with Crippen LogP contribution in [-0.4, -0.2) is 71.0 Å². The van der Waals surface area contributed by atoms with Gasteiger partial charge in [0, 0.05) is 51.0 Å². The molecule has 8 nitrogen and oxygen atoms in total. The Balaban J connectivity index is 1.24. The van der Waals surface area contributed by atoms with Crippen molar-refractivity contribution in [2.45, 2.75) is 32.4 Å². The minimum Gasteiger partial charge on any atom is -0.367 e. The summed E-state index contributed by atoms with van der Waals surface area (Å²) in [5.74, 6) is 0.210. The summed E-state index contributed by atoms with van der Waals surface area (Å²) in [6, 6.07) is 8.06. The van der Waals surface area contributed by atoms with Crippen molar-refractivity contribution in [3.63, 3.8) is 0 Å². The average molecular weight is 466 g/mol. The molecule has 5 rings (SSSR count). The fourth-order valence-corrected chi connectivity index (χ4v) is 4.80. The van der Waals surface area contributed by atoms with Crippen molar-refractivity contribution in [1.29, 1.82) is 0 Å². The third-order valence-electron chi connectivity index (χ3n) is 7.19. The number of hydrogen-bond donors (Lipinski definition) is 1. The van der Waals surface area contributed by atoms with Gasteiger partial charge in [0.1, 0.15) is 11.5 Å². The number of piperazine rings is 1. The van der Waals surface area contributed by atoms with Gasteiger partial charge in [-0.15, -0.1) is 0 Å². The van der Waals surface area contributed by atoms with Crippen molar-refractivity contribution < 1.29 is 9.18 Å². The summed E-state index contributed by atoms with van der Waals surface area (Å²) in [5.41, 5.74) is 1.68. The van der Waals surface area contributed by atoms with Crippen molar-refractivity contribution in [2.75, 3.05) is 49.6 Å². The molecule has 2 saturated heterocycles. The number of rotatable bonds is 5. The lowest BCUT2D eigenvalue weighted by atomic mass is 9.94. The van der Waals surface area contributed by atoms with Crippen molar-refractivity contribution in [1.82, 2.24) is 24.6 Å². The molecule has 3 aromatic heterocycles. The van der Waals surface area contributed by atoms with E-state index in [-0.39, 0.29) is 17.6 Å². The van der Waals surface area contributed by atoms with Crippen LogP contribution in [0.4, 0.5) is 15.9 Å². The van der Waals surface area contributed by atoms with Crippen LogP contribution in [0.1, 0.15) is 26.5 Å². The lowest BCUT2D eigenvalue weighted by Crippen LogP contribution is -2.57. The summed E-state index contributed by atoms with van der Waals surface area (Å²) in [4.78, 5) is 28.2. The van der Waals surface area contributed by atoms with Crippen LogP contribution in [0.2, 0.25) is 0 Å². The van der Waals surface area contributed by atoms with Crippen LogP contribution in [0.15, 0.2) is 42.9 Å². The number of fused-ring (bicyclic) bond motifs is 1. The van der Waals surface area contributed by atoms with Crippen LogP contribution in [-0.2, 0) is 10.3 Å². The van der Waals surface area contributed by atoms with Gasteiger partial charge in [-0.05, 0) is 40.0 Å². The second-order valence-electron chi connectivity index (χ2n) is 10.1. The number of imidazole rings is 1. The van der Waals surface area contributed by atoms with Gasteiger partial charge in [-0.2, -0.15) is 0 Å². The lowest BCUT2D eigenvalue weighted by molar-refractivity contribution is -0.127. The number of pyridine rings is 2. The number of hydrogen-bond acceptors (Lipinski definition) is 6. The topological polar surface area (TPSA) is 69.0 Å². The number of carbonyl (C=O) groups is 1. The van der Waals surface area contributed by atoms with Crippen LogP contribution in [0.3, 0.4) is 0 Å². The molecule has 34 heavy (non-hydrogen) atoms. The zero-order valence-corrected chi connectivity index (χ0v) is 20.2. The summed E-state index contributed by atoms with van der Waals surface area (Å²) in [7, 11) is 2.12. The standard InChI is InChI=1S/C25H32FN7O/c1-17-14-31(10-9-30(17)4)23-11-20(19(26)12-27-23)32-15-18(16-32)24(34)29-25(2,3)21-13-28-22-7-5-6-8-33(21)22/h5-8,11-13,17-18H,9-10,14-16H2,1-4H3,(H,29,34)/t17-/m0/s1. The first kappa shape index (κ1) is 22.6. The summed E-state index contributed by atoms with van der Waals surface area (Å²) < 4.78 is 16.6. The van der Waals surface area contributed by atoms with Gasteiger partial charge >= 0.3 is 0 Å². The highest BCUT2D eigenvalue weighted by Gasteiger charge is 2.37. The minimum atomic E-state index is -0.592. The third-order valence-corrected chi connectivity index (χ3v) is 7.19. The fraction of sp³-hybridized carbons (Fsp3) is 0.480. The van der Waals surface area contributed by atoms with Crippen molar-refractivity contribution in [2.24, 2.45) is 5.92 Å². The van der Waals surface area contributed by atoms with E-state index in [1.807, 2.05) is 53.6 Å². The van der Waals surface area contributed by atoms with Crippen molar-refractivity contribution in [3.05, 3.63) is 54.4 Å². The zero-order valence-electron chi connectivity index (χ0n) is 20.2. The molecule has 1 amide bonds. The van der Waals surface area contributed by atoms with E-state index in [1.54, 1.807) is 6.20 Å². The molecule has 0 saturated carbocycles. The van der Waals surface area contributed by atoms with Crippen LogP contribution in [0.5, 0.6) is 0 Å². The number of amides is 1. The SMILES string of the molecule is C[C@H]1CN(c2cc(N3CC(C(=O)NC(C)(C)c4cnc5ccccn45)C3)c(F)cn2)CCN1C. The molecule has 2 aliphatic heterocycles. The van der Waals surface area contributed by atoms with E-state index in [4.69, 9.17) is 0 Å². The van der Waals surface area contributed by atoms with Gasteiger partial charge in [0.05, 0.1) is 35.2 Å². The maximum atomic E-state index is 14.6. The highest BCUT2D eigenvalue weighted by Crippen LogP contribution is 2.31.